The molecule has 2 heterocycles. The molecule has 1 aliphatic heterocycles. The molecule has 80 valence electrons. The summed E-state index contributed by atoms with van der Waals surface area (Å²) in [5.74, 6) is 0. The molecule has 15 heavy (non-hydrogen) atoms. The first-order chi connectivity index (χ1) is 7.36. The summed E-state index contributed by atoms with van der Waals surface area (Å²) in [5.41, 5.74) is 1.17. The molecule has 1 aliphatic rings. The second-order valence-corrected chi connectivity index (χ2v) is 4.10. The molecule has 1 fully saturated rings. The van der Waals surface area contributed by atoms with Crippen LogP contribution in [0.3, 0.4) is 0 Å². The van der Waals surface area contributed by atoms with Crippen molar-refractivity contribution in [2.24, 2.45) is 0 Å². The Labute approximate surface area is 95.5 Å². The van der Waals surface area contributed by atoms with Crippen LogP contribution in [0.2, 0.25) is 0 Å². The Morgan fingerprint density at radius 1 is 1.47 bits per heavy atom. The van der Waals surface area contributed by atoms with Crippen molar-refractivity contribution in [3.05, 3.63) is 30.1 Å². The predicted molar refractivity (Wildman–Crippen MR) is 64.5 cm³/mol. The monoisotopic (exact) mass is 221 g/mol. The van der Waals surface area contributed by atoms with Gasteiger partial charge in [-0.25, -0.2) is 0 Å². The van der Waals surface area contributed by atoms with Crippen LogP contribution in [0.1, 0.15) is 18.4 Å². The summed E-state index contributed by atoms with van der Waals surface area (Å²) >= 11 is 5.31. The zero-order chi connectivity index (χ0) is 10.5. The molecule has 0 saturated carbocycles. The molecule has 0 bridgehead atoms. The van der Waals surface area contributed by atoms with E-state index < -0.39 is 0 Å². The van der Waals surface area contributed by atoms with Crippen molar-refractivity contribution in [1.82, 2.24) is 15.2 Å². The molecule has 0 radical (unpaired) electrons. The molecule has 0 amide bonds. The highest BCUT2D eigenvalue weighted by molar-refractivity contribution is 7.80. The molecule has 1 aromatic heterocycles. The van der Waals surface area contributed by atoms with Crippen LogP contribution < -0.4 is 5.32 Å². The van der Waals surface area contributed by atoms with E-state index in [1.54, 1.807) is 6.20 Å². The summed E-state index contributed by atoms with van der Waals surface area (Å²) in [4.78, 5) is 6.29. The van der Waals surface area contributed by atoms with E-state index in [-0.39, 0.29) is 0 Å². The summed E-state index contributed by atoms with van der Waals surface area (Å²) in [6.07, 6.45) is 6.16. The number of pyridine rings is 1. The van der Waals surface area contributed by atoms with Crippen molar-refractivity contribution in [2.75, 3.05) is 13.1 Å². The molecule has 1 aromatic rings. The zero-order valence-electron chi connectivity index (χ0n) is 8.65. The Hall–Kier alpha value is -1.16. The van der Waals surface area contributed by atoms with Crippen LogP contribution in [0, 0.1) is 0 Å². The summed E-state index contributed by atoms with van der Waals surface area (Å²) in [7, 11) is 0. The van der Waals surface area contributed by atoms with Crippen molar-refractivity contribution in [3.63, 3.8) is 0 Å². The number of likely N-dealkylation sites (tertiary alicyclic amines) is 1. The van der Waals surface area contributed by atoms with Gasteiger partial charge in [-0.1, -0.05) is 6.07 Å². The molecule has 1 N–H and O–H groups in total. The van der Waals surface area contributed by atoms with Gasteiger partial charge in [0.05, 0.1) is 0 Å². The smallest absolute Gasteiger partial charge is 0.169 e. The van der Waals surface area contributed by atoms with Crippen molar-refractivity contribution < 1.29 is 0 Å². The normalized spacial score (nSPS) is 15.3. The summed E-state index contributed by atoms with van der Waals surface area (Å²) in [6.45, 7) is 2.96. The average molecular weight is 221 g/mol. The highest BCUT2D eigenvalue weighted by atomic mass is 32.1. The fraction of sp³-hybridized carbons (Fsp3) is 0.455. The fourth-order valence-corrected chi connectivity index (χ4v) is 1.97. The lowest BCUT2D eigenvalue weighted by Gasteiger charge is -2.19. The van der Waals surface area contributed by atoms with Crippen LogP contribution in [0.5, 0.6) is 0 Å². The number of hydrogen-bond acceptors (Lipinski definition) is 2. The minimum absolute atomic E-state index is 0.767. The molecule has 3 nitrogen and oxygen atoms in total. The Morgan fingerprint density at radius 3 is 2.93 bits per heavy atom. The zero-order valence-corrected chi connectivity index (χ0v) is 9.46. The van der Waals surface area contributed by atoms with Crippen LogP contribution >= 0.6 is 12.2 Å². The standard InChI is InChI=1S/C11H15N3S/c15-11(14-6-1-2-7-14)13-9-10-4-3-5-12-8-10/h3-5,8H,1-2,6-7,9H2,(H,13,15). The van der Waals surface area contributed by atoms with E-state index in [4.69, 9.17) is 12.2 Å². The van der Waals surface area contributed by atoms with Gasteiger partial charge in [-0.3, -0.25) is 4.98 Å². The third-order valence-electron chi connectivity index (χ3n) is 2.56. The maximum Gasteiger partial charge on any atom is 0.169 e. The number of rotatable bonds is 2. The number of thiocarbonyl (C=S) groups is 1. The molecule has 4 heteroatoms. The second kappa shape index (κ2) is 5.07. The van der Waals surface area contributed by atoms with E-state index in [1.165, 1.54) is 18.4 Å². The number of nitrogens with one attached hydrogen (secondary N) is 1. The van der Waals surface area contributed by atoms with E-state index in [0.717, 1.165) is 24.7 Å². The molecule has 0 spiro atoms. The van der Waals surface area contributed by atoms with Gasteiger partial charge < -0.3 is 10.2 Å². The first-order valence-corrected chi connectivity index (χ1v) is 5.69. The highest BCUT2D eigenvalue weighted by Gasteiger charge is 2.13. The molecule has 0 aromatic carbocycles. The fourth-order valence-electron chi connectivity index (χ4n) is 1.71. The van der Waals surface area contributed by atoms with E-state index in [0.29, 0.717) is 0 Å². The van der Waals surface area contributed by atoms with Crippen LogP contribution in [-0.2, 0) is 6.54 Å². The lowest BCUT2D eigenvalue weighted by atomic mass is 10.3. The summed E-state index contributed by atoms with van der Waals surface area (Å²) < 4.78 is 0. The lowest BCUT2D eigenvalue weighted by molar-refractivity contribution is 0.506. The molecular weight excluding hydrogens is 206 g/mol. The van der Waals surface area contributed by atoms with Gasteiger partial charge in [0.1, 0.15) is 0 Å². The number of hydrogen-bond donors (Lipinski definition) is 1. The van der Waals surface area contributed by atoms with Gasteiger partial charge in [0.2, 0.25) is 0 Å². The van der Waals surface area contributed by atoms with E-state index >= 15 is 0 Å². The SMILES string of the molecule is S=C(NCc1cccnc1)N1CCCC1. The van der Waals surface area contributed by atoms with Gasteiger partial charge in [0.15, 0.2) is 5.11 Å². The maximum atomic E-state index is 5.31. The minimum Gasteiger partial charge on any atom is -0.358 e. The van der Waals surface area contributed by atoms with Crippen LogP contribution in [0.4, 0.5) is 0 Å². The Bertz CT molecular complexity index is 320. The van der Waals surface area contributed by atoms with Gasteiger partial charge in [0, 0.05) is 32.0 Å². The number of nitrogens with zero attached hydrogens (tertiary/aromatic N) is 2. The Kier molecular flexibility index (Phi) is 3.50. The Morgan fingerprint density at radius 2 is 2.27 bits per heavy atom. The second-order valence-electron chi connectivity index (χ2n) is 3.71. The van der Waals surface area contributed by atoms with Gasteiger partial charge in [-0.2, -0.15) is 0 Å². The van der Waals surface area contributed by atoms with Crippen LogP contribution in [0.15, 0.2) is 24.5 Å². The van der Waals surface area contributed by atoms with Crippen molar-refractivity contribution >= 4 is 17.3 Å². The first kappa shape index (κ1) is 10.4. The number of aromatic nitrogens is 1. The molecular formula is C11H15N3S. The molecule has 1 saturated heterocycles. The highest BCUT2D eigenvalue weighted by Crippen LogP contribution is 2.07. The maximum absolute atomic E-state index is 5.31. The predicted octanol–water partition coefficient (Wildman–Crippen LogP) is 1.55. The largest absolute Gasteiger partial charge is 0.358 e. The van der Waals surface area contributed by atoms with Crippen molar-refractivity contribution in [3.8, 4) is 0 Å². The van der Waals surface area contributed by atoms with E-state index in [9.17, 15) is 0 Å². The van der Waals surface area contributed by atoms with Crippen LogP contribution in [0.25, 0.3) is 0 Å². The minimum atomic E-state index is 0.767. The van der Waals surface area contributed by atoms with Gasteiger partial charge >= 0.3 is 0 Å². The van der Waals surface area contributed by atoms with Gasteiger partial charge in [-0.15, -0.1) is 0 Å². The third kappa shape index (κ3) is 2.89. The quantitative estimate of drug-likeness (QED) is 0.767. The molecule has 0 unspecified atom stereocenters. The van der Waals surface area contributed by atoms with Crippen molar-refractivity contribution in [1.29, 1.82) is 0 Å². The summed E-state index contributed by atoms with van der Waals surface area (Å²) in [5, 5.41) is 4.13. The van der Waals surface area contributed by atoms with Gasteiger partial charge in [-0.05, 0) is 36.7 Å². The van der Waals surface area contributed by atoms with Gasteiger partial charge in [0.25, 0.3) is 0 Å². The first-order valence-electron chi connectivity index (χ1n) is 5.28. The molecule has 0 aliphatic carbocycles. The lowest BCUT2D eigenvalue weighted by Crippen LogP contribution is -2.37. The van der Waals surface area contributed by atoms with Crippen LogP contribution in [-0.4, -0.2) is 28.1 Å². The topological polar surface area (TPSA) is 28.2 Å². The molecule has 0 atom stereocenters. The summed E-state index contributed by atoms with van der Waals surface area (Å²) in [6, 6.07) is 3.99. The van der Waals surface area contributed by atoms with E-state index in [2.05, 4.69) is 15.2 Å². The third-order valence-corrected chi connectivity index (χ3v) is 2.96. The van der Waals surface area contributed by atoms with E-state index in [1.807, 2.05) is 18.3 Å². The Balaban J connectivity index is 1.80. The molecule has 2 rings (SSSR count). The van der Waals surface area contributed by atoms with Crippen molar-refractivity contribution in [2.45, 2.75) is 19.4 Å². The average Bonchev–Trinajstić information content (AvgIpc) is 2.81.